The van der Waals surface area contributed by atoms with E-state index in [1.165, 1.54) is 4.90 Å². The van der Waals surface area contributed by atoms with Crippen molar-refractivity contribution < 1.29 is 24.3 Å². The highest BCUT2D eigenvalue weighted by Gasteiger charge is 2.55. The molecule has 9 heteroatoms. The van der Waals surface area contributed by atoms with E-state index < -0.39 is 23.8 Å². The van der Waals surface area contributed by atoms with Crippen LogP contribution in [0.1, 0.15) is 27.2 Å². The van der Waals surface area contributed by atoms with Crippen molar-refractivity contribution in [3.8, 4) is 0 Å². The third-order valence-corrected chi connectivity index (χ3v) is 4.62. The number of likely N-dealkylation sites (tertiary alicyclic amines) is 1. The lowest BCUT2D eigenvalue weighted by molar-refractivity contribution is -0.131. The van der Waals surface area contributed by atoms with Crippen molar-refractivity contribution in [3.63, 3.8) is 0 Å². The Morgan fingerprint density at radius 1 is 1.33 bits per heavy atom. The van der Waals surface area contributed by atoms with Gasteiger partial charge >= 0.3 is 12.1 Å². The summed E-state index contributed by atoms with van der Waals surface area (Å²) in [6.07, 6.45) is 0.103. The first kappa shape index (κ1) is 16.8. The zero-order valence-corrected chi connectivity index (χ0v) is 14.2. The molecule has 3 rings (SSSR count). The van der Waals surface area contributed by atoms with Crippen molar-refractivity contribution in [2.45, 2.75) is 44.9 Å². The van der Waals surface area contributed by atoms with Gasteiger partial charge in [-0.2, -0.15) is 0 Å². The Balaban J connectivity index is 1.53. The van der Waals surface area contributed by atoms with Gasteiger partial charge in [0.1, 0.15) is 11.6 Å². The van der Waals surface area contributed by atoms with Gasteiger partial charge in [-0.05, 0) is 27.2 Å². The highest BCUT2D eigenvalue weighted by molar-refractivity contribution is 5.90. The zero-order chi connectivity index (χ0) is 17.6. The van der Waals surface area contributed by atoms with Crippen LogP contribution in [0.3, 0.4) is 0 Å². The average molecular weight is 340 g/mol. The lowest BCUT2D eigenvalue weighted by atomic mass is 9.91. The van der Waals surface area contributed by atoms with E-state index in [2.05, 4.69) is 5.32 Å². The predicted octanol–water partition coefficient (Wildman–Crippen LogP) is 0.237. The Kier molecular flexibility index (Phi) is 4.06. The second kappa shape index (κ2) is 5.80. The monoisotopic (exact) mass is 340 g/mol. The lowest BCUT2D eigenvalue weighted by Crippen LogP contribution is -2.48. The SMILES string of the molecule is CC(C)(C)OC(=O)NCCN1C[C@@H]2C[C@@H]3CN(C(=O)N3O)[C@@H]2C1=O. The van der Waals surface area contributed by atoms with Gasteiger partial charge in [-0.1, -0.05) is 0 Å². The Labute approximate surface area is 140 Å². The second-order valence-corrected chi connectivity index (χ2v) is 7.59. The molecule has 3 atom stereocenters. The maximum atomic E-state index is 12.6. The summed E-state index contributed by atoms with van der Waals surface area (Å²) in [7, 11) is 0. The van der Waals surface area contributed by atoms with Crippen LogP contribution in [-0.2, 0) is 9.53 Å². The molecule has 3 heterocycles. The van der Waals surface area contributed by atoms with Crippen molar-refractivity contribution in [2.75, 3.05) is 26.2 Å². The van der Waals surface area contributed by atoms with Gasteiger partial charge in [0.2, 0.25) is 5.91 Å². The lowest BCUT2D eigenvalue weighted by Gasteiger charge is -2.30. The van der Waals surface area contributed by atoms with E-state index in [1.807, 2.05) is 0 Å². The summed E-state index contributed by atoms with van der Waals surface area (Å²) >= 11 is 0. The molecule has 3 aliphatic heterocycles. The fourth-order valence-electron chi connectivity index (χ4n) is 3.69. The summed E-state index contributed by atoms with van der Waals surface area (Å²) in [5.41, 5.74) is -0.564. The molecule has 0 aromatic rings. The van der Waals surface area contributed by atoms with Crippen LogP contribution < -0.4 is 5.32 Å². The van der Waals surface area contributed by atoms with Crippen molar-refractivity contribution in [3.05, 3.63) is 0 Å². The number of alkyl carbamates (subject to hydrolysis) is 1. The number of urea groups is 1. The molecule has 9 nitrogen and oxygen atoms in total. The zero-order valence-electron chi connectivity index (χ0n) is 14.2. The van der Waals surface area contributed by atoms with Crippen LogP contribution in [-0.4, -0.2) is 82.0 Å². The van der Waals surface area contributed by atoms with Crippen LogP contribution in [0.25, 0.3) is 0 Å². The number of hydrogen-bond acceptors (Lipinski definition) is 5. The Morgan fingerprint density at radius 3 is 2.71 bits per heavy atom. The van der Waals surface area contributed by atoms with Gasteiger partial charge in [-0.3, -0.25) is 10.0 Å². The van der Waals surface area contributed by atoms with Crippen LogP contribution in [0.5, 0.6) is 0 Å². The van der Waals surface area contributed by atoms with Crippen LogP contribution in [0.15, 0.2) is 0 Å². The van der Waals surface area contributed by atoms with Crippen molar-refractivity contribution in [2.24, 2.45) is 5.92 Å². The maximum absolute atomic E-state index is 12.6. The quantitative estimate of drug-likeness (QED) is 0.717. The summed E-state index contributed by atoms with van der Waals surface area (Å²) in [5, 5.41) is 13.1. The number of carbonyl (C=O) groups is 3. The molecule has 2 bridgehead atoms. The van der Waals surface area contributed by atoms with Gasteiger partial charge < -0.3 is 19.9 Å². The van der Waals surface area contributed by atoms with Crippen molar-refractivity contribution in [1.82, 2.24) is 20.2 Å². The minimum Gasteiger partial charge on any atom is -0.444 e. The number of fused-ring (bicyclic) bond motifs is 4. The smallest absolute Gasteiger partial charge is 0.407 e. The summed E-state index contributed by atoms with van der Waals surface area (Å²) in [6.45, 7) is 6.95. The topological polar surface area (TPSA) is 102 Å². The number of ether oxygens (including phenoxy) is 1. The van der Waals surface area contributed by atoms with E-state index >= 15 is 0 Å². The van der Waals surface area contributed by atoms with Gasteiger partial charge in [0, 0.05) is 32.1 Å². The third kappa shape index (κ3) is 3.00. The Morgan fingerprint density at radius 2 is 2.04 bits per heavy atom. The number of nitrogens with one attached hydrogen (secondary N) is 1. The first-order chi connectivity index (χ1) is 11.2. The first-order valence-electron chi connectivity index (χ1n) is 8.22. The number of amides is 4. The molecule has 134 valence electrons. The molecule has 0 radical (unpaired) electrons. The minimum atomic E-state index is -0.564. The fourth-order valence-corrected chi connectivity index (χ4v) is 3.69. The molecule has 0 aliphatic carbocycles. The molecule has 24 heavy (non-hydrogen) atoms. The van der Waals surface area contributed by atoms with Gasteiger partial charge in [-0.15, -0.1) is 0 Å². The summed E-state index contributed by atoms with van der Waals surface area (Å²) < 4.78 is 5.15. The molecule has 3 fully saturated rings. The first-order valence-corrected chi connectivity index (χ1v) is 8.22. The van der Waals surface area contributed by atoms with Crippen LogP contribution in [0, 0.1) is 5.92 Å². The average Bonchev–Trinajstić information content (AvgIpc) is 2.89. The van der Waals surface area contributed by atoms with Crippen molar-refractivity contribution in [1.29, 1.82) is 0 Å². The van der Waals surface area contributed by atoms with E-state index in [4.69, 9.17) is 4.74 Å². The molecular formula is C15H24N4O5. The number of rotatable bonds is 3. The third-order valence-electron chi connectivity index (χ3n) is 4.62. The van der Waals surface area contributed by atoms with Gasteiger partial charge in [0.05, 0.1) is 6.04 Å². The predicted molar refractivity (Wildman–Crippen MR) is 82.2 cm³/mol. The number of piperidine rings is 1. The number of hydroxylamine groups is 2. The maximum Gasteiger partial charge on any atom is 0.407 e. The van der Waals surface area contributed by atoms with Crippen LogP contribution >= 0.6 is 0 Å². The second-order valence-electron chi connectivity index (χ2n) is 7.59. The molecule has 0 saturated carbocycles. The molecule has 2 N–H and O–H groups in total. The normalized spacial score (nSPS) is 29.2. The molecule has 3 aliphatic rings. The highest BCUT2D eigenvalue weighted by Crippen LogP contribution is 2.37. The molecular weight excluding hydrogens is 316 g/mol. The fraction of sp³-hybridized carbons (Fsp3) is 0.800. The standard InChI is InChI=1S/C15H24N4O5/c1-15(2,3)24-13(21)16-4-5-17-7-9-6-10-8-18(11(9)12(17)20)14(22)19(10)23/h9-11,23H,4-8H2,1-3H3,(H,16,21)/t9-,10+,11-/m0/s1. The van der Waals surface area contributed by atoms with Crippen molar-refractivity contribution >= 4 is 18.0 Å². The van der Waals surface area contributed by atoms with E-state index in [0.717, 1.165) is 5.06 Å². The molecule has 3 saturated heterocycles. The number of hydrogen-bond donors (Lipinski definition) is 2. The van der Waals surface area contributed by atoms with Gasteiger partial charge in [-0.25, -0.2) is 14.7 Å². The number of carbonyl (C=O) groups excluding carboxylic acids is 3. The minimum absolute atomic E-state index is 0.0267. The molecule has 0 spiro atoms. The highest BCUT2D eigenvalue weighted by atomic mass is 16.6. The van der Waals surface area contributed by atoms with E-state index in [1.54, 1.807) is 25.7 Å². The Hall–Kier alpha value is -2.03. The summed E-state index contributed by atoms with van der Waals surface area (Å²) in [5.74, 6) is -0.0908. The molecule has 0 aromatic carbocycles. The molecule has 0 aromatic heterocycles. The van der Waals surface area contributed by atoms with E-state index in [-0.39, 0.29) is 17.9 Å². The summed E-state index contributed by atoms with van der Waals surface area (Å²) in [4.78, 5) is 39.3. The number of nitrogens with zero attached hydrogens (tertiary/aromatic N) is 3. The molecule has 4 amide bonds. The van der Waals surface area contributed by atoms with E-state index in [0.29, 0.717) is 32.6 Å². The largest absolute Gasteiger partial charge is 0.444 e. The Bertz CT molecular complexity index is 561. The van der Waals surface area contributed by atoms with Crippen LogP contribution in [0.4, 0.5) is 9.59 Å². The van der Waals surface area contributed by atoms with Crippen LogP contribution in [0.2, 0.25) is 0 Å². The van der Waals surface area contributed by atoms with Gasteiger partial charge in [0.25, 0.3) is 0 Å². The van der Waals surface area contributed by atoms with Gasteiger partial charge in [0.15, 0.2) is 0 Å². The summed E-state index contributed by atoms with van der Waals surface area (Å²) in [6, 6.07) is -1.21. The molecule has 0 unspecified atom stereocenters. The van der Waals surface area contributed by atoms with E-state index in [9.17, 15) is 19.6 Å².